The molecule has 2 aromatic rings. The Morgan fingerprint density at radius 1 is 1.08 bits per heavy atom. The van der Waals surface area contributed by atoms with Gasteiger partial charge in [-0.15, -0.1) is 0 Å². The summed E-state index contributed by atoms with van der Waals surface area (Å²) >= 11 is 0. The van der Waals surface area contributed by atoms with Crippen LogP contribution in [0.1, 0.15) is 22.8 Å². The first kappa shape index (κ1) is 18.7. The van der Waals surface area contributed by atoms with E-state index in [0.29, 0.717) is 12.1 Å². The summed E-state index contributed by atoms with van der Waals surface area (Å²) in [5, 5.41) is 2.61. The summed E-state index contributed by atoms with van der Waals surface area (Å²) < 4.78 is 0. The van der Waals surface area contributed by atoms with Gasteiger partial charge in [0, 0.05) is 30.9 Å². The molecule has 5 nitrogen and oxygen atoms in total. The molecule has 0 saturated carbocycles. The highest BCUT2D eigenvalue weighted by Crippen LogP contribution is 2.11. The van der Waals surface area contributed by atoms with Crippen LogP contribution in [0.5, 0.6) is 0 Å². The molecule has 1 unspecified atom stereocenters. The smallest absolute Gasteiger partial charge is 0.284 e. The van der Waals surface area contributed by atoms with Gasteiger partial charge >= 0.3 is 0 Å². The van der Waals surface area contributed by atoms with E-state index in [-0.39, 0.29) is 17.9 Å². The van der Waals surface area contributed by atoms with Crippen LogP contribution >= 0.6 is 0 Å². The van der Waals surface area contributed by atoms with E-state index in [1.165, 1.54) is 0 Å². The number of anilines is 1. The second-order valence-corrected chi connectivity index (χ2v) is 6.25. The predicted molar refractivity (Wildman–Crippen MR) is 99.7 cm³/mol. The largest absolute Gasteiger partial charge is 0.355 e. The lowest BCUT2D eigenvalue weighted by atomic mass is 10.1. The molecule has 0 radical (unpaired) electrons. The molecule has 2 amide bonds. The van der Waals surface area contributed by atoms with Crippen molar-refractivity contribution >= 4 is 17.5 Å². The fourth-order valence-electron chi connectivity index (χ4n) is 2.67. The molecule has 2 atom stereocenters. The number of rotatable bonds is 6. The van der Waals surface area contributed by atoms with E-state index in [4.69, 9.17) is 0 Å². The molecule has 132 valence electrons. The van der Waals surface area contributed by atoms with Crippen LogP contribution in [0.15, 0.2) is 54.6 Å². The van der Waals surface area contributed by atoms with Gasteiger partial charge in [0.05, 0.1) is 7.05 Å². The predicted octanol–water partition coefficient (Wildman–Crippen LogP) is 1.11. The van der Waals surface area contributed by atoms with Gasteiger partial charge in [-0.05, 0) is 31.2 Å². The van der Waals surface area contributed by atoms with Gasteiger partial charge in [-0.25, -0.2) is 0 Å². The Bertz CT molecular complexity index is 713. The van der Waals surface area contributed by atoms with Crippen LogP contribution in [0, 0.1) is 0 Å². The molecule has 0 aliphatic carbocycles. The molecule has 2 aromatic carbocycles. The van der Waals surface area contributed by atoms with Crippen molar-refractivity contribution in [3.63, 3.8) is 0 Å². The first-order chi connectivity index (χ1) is 11.9. The summed E-state index contributed by atoms with van der Waals surface area (Å²) in [7, 11) is 5.43. The highest BCUT2D eigenvalue weighted by atomic mass is 16.2. The standard InChI is InChI=1S/C20H25N3O2/c1-15(20(25)23(4)18-8-6-5-7-9-18)22(3)14-16-10-12-17(13-11-16)19(24)21-2/h5-13,15H,14H2,1-4H3,(H,21,24)/p+1/t15-/m1/s1. The van der Waals surface area contributed by atoms with Gasteiger partial charge in [-0.2, -0.15) is 0 Å². The van der Waals surface area contributed by atoms with Gasteiger partial charge in [0.25, 0.3) is 11.8 Å². The number of nitrogens with one attached hydrogen (secondary N) is 2. The molecule has 25 heavy (non-hydrogen) atoms. The summed E-state index contributed by atoms with van der Waals surface area (Å²) in [5.74, 6) is -0.0223. The van der Waals surface area contributed by atoms with Crippen molar-refractivity contribution in [1.29, 1.82) is 0 Å². The molecule has 0 fully saturated rings. The fourth-order valence-corrected chi connectivity index (χ4v) is 2.67. The van der Waals surface area contributed by atoms with Crippen LogP contribution < -0.4 is 15.1 Å². The minimum atomic E-state index is -0.177. The minimum absolute atomic E-state index is 0.0747. The van der Waals surface area contributed by atoms with Crippen LogP contribution in [0.25, 0.3) is 0 Å². The van der Waals surface area contributed by atoms with Gasteiger partial charge in [0.1, 0.15) is 6.54 Å². The molecule has 0 heterocycles. The number of amides is 2. The maximum absolute atomic E-state index is 12.7. The van der Waals surface area contributed by atoms with Crippen molar-refractivity contribution < 1.29 is 14.5 Å². The minimum Gasteiger partial charge on any atom is -0.355 e. The molecule has 0 saturated heterocycles. The molecule has 0 bridgehead atoms. The van der Waals surface area contributed by atoms with Gasteiger partial charge < -0.3 is 15.1 Å². The zero-order valence-corrected chi connectivity index (χ0v) is 15.2. The average molecular weight is 340 g/mol. The monoisotopic (exact) mass is 340 g/mol. The zero-order valence-electron chi connectivity index (χ0n) is 15.2. The molecule has 2 rings (SSSR count). The third kappa shape index (κ3) is 4.67. The average Bonchev–Trinajstić information content (AvgIpc) is 2.66. The van der Waals surface area contributed by atoms with Crippen molar-refractivity contribution in [2.45, 2.75) is 19.5 Å². The third-order valence-electron chi connectivity index (χ3n) is 4.51. The number of carbonyl (C=O) groups excluding carboxylic acids is 2. The van der Waals surface area contributed by atoms with Gasteiger partial charge in [-0.1, -0.05) is 30.3 Å². The molecular formula is C20H26N3O2+. The van der Waals surface area contributed by atoms with E-state index in [9.17, 15) is 9.59 Å². The summed E-state index contributed by atoms with van der Waals surface area (Å²) in [5.41, 5.74) is 2.62. The summed E-state index contributed by atoms with van der Waals surface area (Å²) in [6.07, 6.45) is 0. The maximum atomic E-state index is 12.7. The summed E-state index contributed by atoms with van der Waals surface area (Å²) in [6, 6.07) is 17.0. The first-order valence-corrected chi connectivity index (χ1v) is 8.40. The van der Waals surface area contributed by atoms with Crippen molar-refractivity contribution in [3.8, 4) is 0 Å². The third-order valence-corrected chi connectivity index (χ3v) is 4.51. The number of hydrogen-bond donors (Lipinski definition) is 2. The quantitative estimate of drug-likeness (QED) is 0.828. The summed E-state index contributed by atoms with van der Waals surface area (Å²) in [6.45, 7) is 2.65. The van der Waals surface area contributed by atoms with Crippen LogP contribution in [-0.4, -0.2) is 39.0 Å². The topological polar surface area (TPSA) is 53.9 Å². The van der Waals surface area contributed by atoms with Gasteiger partial charge in [0.2, 0.25) is 0 Å². The SMILES string of the molecule is CNC(=O)c1ccc(C[NH+](C)[C@H](C)C(=O)N(C)c2ccccc2)cc1. The fraction of sp³-hybridized carbons (Fsp3) is 0.300. The van der Waals surface area contributed by atoms with Crippen LogP contribution in [0.2, 0.25) is 0 Å². The molecule has 0 spiro atoms. The lowest BCUT2D eigenvalue weighted by Crippen LogP contribution is -3.12. The first-order valence-electron chi connectivity index (χ1n) is 8.40. The Labute approximate surface area is 149 Å². The number of nitrogens with zero attached hydrogens (tertiary/aromatic N) is 1. The number of likely N-dealkylation sites (N-methyl/N-ethyl adjacent to an activating group) is 2. The molecular weight excluding hydrogens is 314 g/mol. The highest BCUT2D eigenvalue weighted by molar-refractivity contribution is 5.95. The van der Waals surface area contributed by atoms with E-state index >= 15 is 0 Å². The van der Waals surface area contributed by atoms with Crippen molar-refractivity contribution in [2.24, 2.45) is 0 Å². The molecule has 0 aliphatic heterocycles. The number of carbonyl (C=O) groups is 2. The molecule has 2 N–H and O–H groups in total. The van der Waals surface area contributed by atoms with Crippen LogP contribution in [0.4, 0.5) is 5.69 Å². The van der Waals surface area contributed by atoms with E-state index in [1.807, 2.05) is 68.6 Å². The highest BCUT2D eigenvalue weighted by Gasteiger charge is 2.25. The summed E-state index contributed by atoms with van der Waals surface area (Å²) in [4.78, 5) is 27.1. The van der Waals surface area contributed by atoms with Gasteiger partial charge in [-0.3, -0.25) is 9.59 Å². The van der Waals surface area contributed by atoms with Crippen molar-refractivity contribution in [3.05, 3.63) is 65.7 Å². The van der Waals surface area contributed by atoms with E-state index in [1.54, 1.807) is 19.0 Å². The molecule has 0 aliphatic rings. The van der Waals surface area contributed by atoms with Crippen LogP contribution in [-0.2, 0) is 11.3 Å². The van der Waals surface area contributed by atoms with Crippen LogP contribution in [0.3, 0.4) is 0 Å². The Balaban J connectivity index is 2.00. The van der Waals surface area contributed by atoms with Gasteiger partial charge in [0.15, 0.2) is 6.04 Å². The Morgan fingerprint density at radius 3 is 2.24 bits per heavy atom. The Kier molecular flexibility index (Phi) is 6.31. The normalized spacial score (nSPS) is 13.0. The number of quaternary nitrogens is 1. The molecule has 5 heteroatoms. The maximum Gasteiger partial charge on any atom is 0.284 e. The van der Waals surface area contributed by atoms with Crippen molar-refractivity contribution in [2.75, 3.05) is 26.0 Å². The lowest BCUT2D eigenvalue weighted by molar-refractivity contribution is -0.908. The van der Waals surface area contributed by atoms with E-state index in [0.717, 1.165) is 16.2 Å². The molecule has 0 aromatic heterocycles. The zero-order chi connectivity index (χ0) is 18.4. The number of benzene rings is 2. The Morgan fingerprint density at radius 2 is 1.68 bits per heavy atom. The number of hydrogen-bond acceptors (Lipinski definition) is 2. The van der Waals surface area contributed by atoms with E-state index < -0.39 is 0 Å². The second-order valence-electron chi connectivity index (χ2n) is 6.25. The second kappa shape index (κ2) is 8.44. The van der Waals surface area contributed by atoms with E-state index in [2.05, 4.69) is 5.32 Å². The lowest BCUT2D eigenvalue weighted by Gasteiger charge is -2.26. The number of para-hydroxylation sites is 1. The van der Waals surface area contributed by atoms with Crippen molar-refractivity contribution in [1.82, 2.24) is 5.32 Å². The Hall–Kier alpha value is -2.66.